The first-order valence-corrected chi connectivity index (χ1v) is 26.4. The van der Waals surface area contributed by atoms with Gasteiger partial charge in [0.25, 0.3) is 0 Å². The normalized spacial score (nSPS) is 16.2. The van der Waals surface area contributed by atoms with Crippen LogP contribution in [-0.2, 0) is 56.8 Å². The van der Waals surface area contributed by atoms with Gasteiger partial charge in [0.1, 0.15) is 0 Å². The van der Waals surface area contributed by atoms with Gasteiger partial charge in [-0.15, -0.1) is 0 Å². The highest BCUT2D eigenvalue weighted by molar-refractivity contribution is 4.46. The summed E-state index contributed by atoms with van der Waals surface area (Å²) in [6.07, 6.45) is 7.65. The maximum atomic E-state index is 9.16. The quantitative estimate of drug-likeness (QED) is 0.0248. The Labute approximate surface area is 422 Å². The fourth-order valence-corrected chi connectivity index (χ4v) is 4.55. The predicted molar refractivity (Wildman–Crippen MR) is 272 cm³/mol. The summed E-state index contributed by atoms with van der Waals surface area (Å²) < 4.78 is 61.9. The van der Waals surface area contributed by atoms with Crippen molar-refractivity contribution in [3.8, 4) is 0 Å². The summed E-state index contributed by atoms with van der Waals surface area (Å²) >= 11 is 0. The van der Waals surface area contributed by atoms with Crippen LogP contribution in [0.4, 0.5) is 0 Å². The third kappa shape index (κ3) is 73.9. The molecule has 12 atom stereocenters. The van der Waals surface area contributed by atoms with E-state index in [9.17, 15) is 0 Å². The van der Waals surface area contributed by atoms with Crippen LogP contribution in [0.5, 0.6) is 0 Å². The first-order valence-electron chi connectivity index (χ1n) is 26.4. The van der Waals surface area contributed by atoms with Crippen LogP contribution in [0.2, 0.25) is 0 Å². The molecule has 18 nitrogen and oxygen atoms in total. The fraction of sp³-hybridized carbons (Fsp3) is 1.00. The lowest BCUT2D eigenvalue weighted by molar-refractivity contribution is -0.229. The highest BCUT2D eigenvalue weighted by atomic mass is 16.8. The zero-order chi connectivity index (χ0) is 54.3. The molecule has 0 aliphatic rings. The Morgan fingerprint density at radius 1 is 0.290 bits per heavy atom. The molecule has 0 aromatic carbocycles. The first kappa shape index (κ1) is 79.7. The van der Waals surface area contributed by atoms with Gasteiger partial charge in [-0.2, -0.15) is 0 Å². The number of hydrogen-bond donors (Lipinski definition) is 6. The van der Waals surface area contributed by atoms with Crippen molar-refractivity contribution in [2.24, 2.45) is 0 Å². The van der Waals surface area contributed by atoms with Crippen molar-refractivity contribution < 1.29 is 87.5 Å². The number of aliphatic hydroxyl groups is 6. The first-order chi connectivity index (χ1) is 32.7. The van der Waals surface area contributed by atoms with E-state index in [4.69, 9.17) is 87.5 Å². The molecule has 6 N–H and O–H groups in total. The Hall–Kier alpha value is -0.720. The Morgan fingerprint density at radius 2 is 0.609 bits per heavy atom. The Morgan fingerprint density at radius 3 is 0.971 bits per heavy atom. The van der Waals surface area contributed by atoms with E-state index in [0.29, 0.717) is 58.9 Å². The highest BCUT2D eigenvalue weighted by Gasteiger charge is 2.13. The van der Waals surface area contributed by atoms with Crippen LogP contribution in [0.3, 0.4) is 0 Å². The Balaban J connectivity index is -0.000000173. The van der Waals surface area contributed by atoms with Crippen LogP contribution in [0, 0.1) is 0 Å². The maximum absolute atomic E-state index is 9.16. The molecule has 0 aliphatic heterocycles. The molecule has 0 bridgehead atoms. The molecule has 0 heterocycles. The predicted octanol–water partition coefficient (Wildman–Crippen LogP) is 10.2. The molecule has 0 saturated heterocycles. The lowest BCUT2D eigenvalue weighted by atomic mass is 10.3. The summed E-state index contributed by atoms with van der Waals surface area (Å²) in [6.45, 7) is 38.1. The van der Waals surface area contributed by atoms with E-state index < -0.39 is 37.7 Å². The van der Waals surface area contributed by atoms with Crippen LogP contribution in [0.15, 0.2) is 0 Å². The van der Waals surface area contributed by atoms with Crippen LogP contribution in [0.25, 0.3) is 0 Å². The zero-order valence-electron chi connectivity index (χ0n) is 47.4. The summed E-state index contributed by atoms with van der Waals surface area (Å²) in [4.78, 5) is 0. The van der Waals surface area contributed by atoms with Gasteiger partial charge in [-0.25, -0.2) is 0 Å². The van der Waals surface area contributed by atoms with E-state index in [-0.39, 0.29) is 37.7 Å². The van der Waals surface area contributed by atoms with Crippen LogP contribution in [0.1, 0.15) is 221 Å². The van der Waals surface area contributed by atoms with Crippen LogP contribution in [-0.4, -0.2) is 146 Å². The van der Waals surface area contributed by atoms with Crippen molar-refractivity contribution in [2.45, 2.75) is 296 Å². The van der Waals surface area contributed by atoms with E-state index in [2.05, 4.69) is 27.7 Å². The van der Waals surface area contributed by atoms with E-state index in [1.54, 1.807) is 41.5 Å². The Bertz CT molecular complexity index is 894. The molecule has 426 valence electrons. The Kier molecular flexibility index (Phi) is 73.2. The smallest absolute Gasteiger partial charge is 0.160 e. The van der Waals surface area contributed by atoms with Gasteiger partial charge in [-0.3, -0.25) is 0 Å². The van der Waals surface area contributed by atoms with Gasteiger partial charge in [0.05, 0.1) is 0 Å². The summed E-state index contributed by atoms with van der Waals surface area (Å²) in [7, 11) is 0. The molecule has 0 aliphatic carbocycles. The summed E-state index contributed by atoms with van der Waals surface area (Å²) in [5.41, 5.74) is 0. The van der Waals surface area contributed by atoms with E-state index >= 15 is 0 Å². The molecule has 0 aromatic heterocycles. The lowest BCUT2D eigenvalue weighted by Gasteiger charge is -2.19. The second kappa shape index (κ2) is 63.4. The largest absolute Gasteiger partial charge is 0.368 e. The van der Waals surface area contributed by atoms with Gasteiger partial charge >= 0.3 is 0 Å². The minimum atomic E-state index is -0.744. The second-order valence-corrected chi connectivity index (χ2v) is 15.7. The molecule has 18 heteroatoms. The number of ether oxygens (including phenoxy) is 12. The minimum absolute atomic E-state index is 0.239. The summed E-state index contributed by atoms with van der Waals surface area (Å²) in [5.74, 6) is 0. The van der Waals surface area contributed by atoms with Gasteiger partial charge in [0.15, 0.2) is 75.5 Å². The average Bonchev–Trinajstić information content (AvgIpc) is 3.30. The molecular formula is C51H114O18. The molecule has 12 unspecified atom stereocenters. The number of hydrogen-bond acceptors (Lipinski definition) is 18. The highest BCUT2D eigenvalue weighted by Crippen LogP contribution is 2.09. The van der Waals surface area contributed by atoms with Gasteiger partial charge in [-0.05, 0) is 119 Å². The number of unbranched alkanes of at least 4 members (excludes halogenated alkanes) is 3. The molecule has 0 fully saturated rings. The van der Waals surface area contributed by atoms with Gasteiger partial charge in [0, 0.05) is 39.6 Å². The molecule has 69 heavy (non-hydrogen) atoms. The lowest BCUT2D eigenvalue weighted by Crippen LogP contribution is -2.23. The van der Waals surface area contributed by atoms with Gasteiger partial charge < -0.3 is 87.5 Å². The molecule has 0 saturated carbocycles. The molecule has 0 spiro atoms. The van der Waals surface area contributed by atoms with Crippen molar-refractivity contribution >= 4 is 0 Å². The standard InChI is InChI=1S/C10H22O3.2C9H20O3.2C8H18O3.C7H16O3/c1-4-6-8-12-10(7-5-2)13-9(3)11;1-4-6-7-11-9(5-2)12-8(3)10;1-4-7-11-9(6-3)12-8(10)5-2;1-4-5-6-10-8(3)11-7(2)9;1-4-6-10-7(3)11-8(9)5-2;1-4-7(8)10-6(3)9-5-2/h9-11H,4-8H2,1-3H3;2*8-10H,4-7H2,1-3H3;2*7-9H,4-6H2,1-3H3;6-8H,4-5H2,1-3H3. The monoisotopic (exact) mass is 1010 g/mol. The van der Waals surface area contributed by atoms with Gasteiger partial charge in [0.2, 0.25) is 0 Å². The van der Waals surface area contributed by atoms with Crippen molar-refractivity contribution in [1.29, 1.82) is 0 Å². The van der Waals surface area contributed by atoms with E-state index in [1.807, 2.05) is 55.4 Å². The van der Waals surface area contributed by atoms with E-state index in [0.717, 1.165) is 77.0 Å². The molecule has 0 rings (SSSR count). The molecular weight excluding hydrogens is 901 g/mol. The van der Waals surface area contributed by atoms with Crippen molar-refractivity contribution in [3.05, 3.63) is 0 Å². The van der Waals surface area contributed by atoms with Crippen molar-refractivity contribution in [1.82, 2.24) is 0 Å². The van der Waals surface area contributed by atoms with Crippen LogP contribution < -0.4 is 0 Å². The third-order valence-corrected chi connectivity index (χ3v) is 8.25. The molecule has 0 radical (unpaired) electrons. The van der Waals surface area contributed by atoms with Crippen molar-refractivity contribution in [3.63, 3.8) is 0 Å². The SMILES string of the molecule is CCCCOC(C)OC(C)O.CCCCOC(CC)OC(C)O.CCCCOC(CCC)OC(C)O.CCCOC(C)OC(O)CC.CCCOC(CC)OC(O)CC.CCOC(C)OC(O)CC. The topological polar surface area (TPSA) is 232 Å². The third-order valence-electron chi connectivity index (χ3n) is 8.25. The molecule has 0 amide bonds. The van der Waals surface area contributed by atoms with Crippen LogP contribution >= 0.6 is 0 Å². The van der Waals surface area contributed by atoms with Gasteiger partial charge in [-0.1, -0.05) is 102 Å². The molecule has 0 aromatic rings. The summed E-state index contributed by atoms with van der Waals surface area (Å²) in [5, 5.41) is 53.8. The minimum Gasteiger partial charge on any atom is -0.368 e. The number of aliphatic hydroxyl groups excluding tert-OH is 6. The second-order valence-electron chi connectivity index (χ2n) is 15.7. The van der Waals surface area contributed by atoms with Crippen molar-refractivity contribution in [2.75, 3.05) is 39.6 Å². The number of rotatable bonds is 39. The zero-order valence-corrected chi connectivity index (χ0v) is 47.4. The maximum Gasteiger partial charge on any atom is 0.160 e. The van der Waals surface area contributed by atoms with E-state index in [1.165, 1.54) is 0 Å². The summed E-state index contributed by atoms with van der Waals surface area (Å²) in [6, 6.07) is 0. The average molecular weight is 1020 g/mol. The fourth-order valence-electron chi connectivity index (χ4n) is 4.55.